The molecular formula is C25H22N6OS. The summed E-state index contributed by atoms with van der Waals surface area (Å²) in [7, 11) is 0. The van der Waals surface area contributed by atoms with Gasteiger partial charge in [-0.15, -0.1) is 11.3 Å². The maximum absolute atomic E-state index is 13.0. The van der Waals surface area contributed by atoms with Crippen molar-refractivity contribution in [1.82, 2.24) is 24.3 Å². The van der Waals surface area contributed by atoms with Gasteiger partial charge in [0.05, 0.1) is 28.6 Å². The third-order valence-corrected chi connectivity index (χ3v) is 6.89. The number of anilines is 1. The number of hydrogen-bond acceptors (Lipinski definition) is 6. The molecule has 1 aliphatic rings. The molecule has 0 bridgehead atoms. The molecule has 1 amide bonds. The number of nitrogens with zero attached hydrogens (tertiary/aromatic N) is 5. The fourth-order valence-electron chi connectivity index (χ4n) is 4.31. The first-order chi connectivity index (χ1) is 16.2. The van der Waals surface area contributed by atoms with Gasteiger partial charge in [-0.05, 0) is 44.1 Å². The molecule has 4 heterocycles. The molecule has 8 heteroatoms. The van der Waals surface area contributed by atoms with E-state index in [4.69, 9.17) is 4.98 Å². The monoisotopic (exact) mass is 454 g/mol. The van der Waals surface area contributed by atoms with Gasteiger partial charge in [0, 0.05) is 29.4 Å². The molecule has 1 saturated heterocycles. The molecule has 0 radical (unpaired) electrons. The van der Waals surface area contributed by atoms with Gasteiger partial charge in [0.1, 0.15) is 5.69 Å². The van der Waals surface area contributed by atoms with Crippen molar-refractivity contribution in [3.05, 3.63) is 77.7 Å². The zero-order chi connectivity index (χ0) is 22.2. The zero-order valence-corrected chi connectivity index (χ0v) is 18.8. The number of thiazole rings is 1. The molecule has 0 spiro atoms. The standard InChI is InChI=1S/C25H22N6OS/c32-24(22-13-26-20-9-3-4-10-21(20)27-22)28-19-8-2-1-7-18(19)23-15-31-17(16-33-25(31)29-23)14-30-11-5-6-12-30/h1-4,7-10,13,15-16H,5-6,11-12,14H2,(H,28,32). The predicted octanol–water partition coefficient (Wildman–Crippen LogP) is 4.85. The fraction of sp³-hybridized carbons (Fsp3) is 0.200. The molecule has 0 atom stereocenters. The van der Waals surface area contributed by atoms with E-state index >= 15 is 0 Å². The smallest absolute Gasteiger partial charge is 0.275 e. The Kier molecular flexibility index (Phi) is 5.09. The Morgan fingerprint density at radius 1 is 1.00 bits per heavy atom. The molecule has 6 rings (SSSR count). The molecule has 2 aromatic carbocycles. The van der Waals surface area contributed by atoms with Gasteiger partial charge in [0.25, 0.3) is 5.91 Å². The highest BCUT2D eigenvalue weighted by atomic mass is 32.1. The van der Waals surface area contributed by atoms with E-state index in [9.17, 15) is 4.79 Å². The highest BCUT2D eigenvalue weighted by Gasteiger charge is 2.18. The number of para-hydroxylation sites is 3. The lowest BCUT2D eigenvalue weighted by atomic mass is 10.1. The molecule has 7 nitrogen and oxygen atoms in total. The van der Waals surface area contributed by atoms with Crippen molar-refractivity contribution in [1.29, 1.82) is 0 Å². The minimum Gasteiger partial charge on any atom is -0.320 e. The van der Waals surface area contributed by atoms with Gasteiger partial charge in [0.15, 0.2) is 4.96 Å². The second kappa shape index (κ2) is 8.38. The van der Waals surface area contributed by atoms with Crippen molar-refractivity contribution in [3.8, 4) is 11.3 Å². The first-order valence-electron chi connectivity index (χ1n) is 11.0. The molecule has 0 unspecified atom stereocenters. The van der Waals surface area contributed by atoms with Gasteiger partial charge in [-0.25, -0.2) is 9.97 Å². The van der Waals surface area contributed by atoms with E-state index in [1.165, 1.54) is 24.7 Å². The van der Waals surface area contributed by atoms with Crippen LogP contribution >= 0.6 is 11.3 Å². The molecule has 33 heavy (non-hydrogen) atoms. The van der Waals surface area contributed by atoms with Gasteiger partial charge in [-0.2, -0.15) is 0 Å². The molecule has 1 aliphatic heterocycles. The van der Waals surface area contributed by atoms with Crippen LogP contribution in [0.4, 0.5) is 5.69 Å². The van der Waals surface area contributed by atoms with Gasteiger partial charge in [-0.3, -0.25) is 19.1 Å². The van der Waals surface area contributed by atoms with E-state index in [-0.39, 0.29) is 11.6 Å². The Hall–Kier alpha value is -3.62. The molecule has 164 valence electrons. The van der Waals surface area contributed by atoms with Crippen LogP contribution in [-0.4, -0.2) is 43.2 Å². The Bertz CT molecular complexity index is 1470. The van der Waals surface area contributed by atoms with Crippen molar-refractivity contribution in [2.45, 2.75) is 19.4 Å². The second-order valence-electron chi connectivity index (χ2n) is 8.23. The maximum atomic E-state index is 13.0. The average molecular weight is 455 g/mol. The summed E-state index contributed by atoms with van der Waals surface area (Å²) in [6.45, 7) is 3.26. The third kappa shape index (κ3) is 3.88. The first-order valence-corrected chi connectivity index (χ1v) is 11.9. The van der Waals surface area contributed by atoms with Crippen LogP contribution in [0.25, 0.3) is 27.3 Å². The van der Waals surface area contributed by atoms with E-state index < -0.39 is 0 Å². The molecule has 1 fully saturated rings. The minimum absolute atomic E-state index is 0.280. The van der Waals surface area contributed by atoms with E-state index in [0.717, 1.165) is 41.4 Å². The molecule has 3 aromatic heterocycles. The van der Waals surface area contributed by atoms with Crippen molar-refractivity contribution < 1.29 is 4.79 Å². The number of nitrogens with one attached hydrogen (secondary N) is 1. The summed E-state index contributed by atoms with van der Waals surface area (Å²) in [5.41, 5.74) is 5.40. The fourth-order valence-corrected chi connectivity index (χ4v) is 5.18. The number of fused-ring (bicyclic) bond motifs is 2. The van der Waals surface area contributed by atoms with E-state index in [0.29, 0.717) is 11.2 Å². The second-order valence-corrected chi connectivity index (χ2v) is 9.07. The zero-order valence-electron chi connectivity index (χ0n) is 17.9. The molecule has 0 aliphatic carbocycles. The van der Waals surface area contributed by atoms with E-state index in [1.54, 1.807) is 11.3 Å². The summed E-state index contributed by atoms with van der Waals surface area (Å²) in [5, 5.41) is 5.20. The van der Waals surface area contributed by atoms with Crippen LogP contribution in [0.2, 0.25) is 0 Å². The normalized spacial score (nSPS) is 14.3. The number of rotatable bonds is 5. The van der Waals surface area contributed by atoms with Crippen LogP contribution in [0, 0.1) is 0 Å². The van der Waals surface area contributed by atoms with Crippen LogP contribution in [0.5, 0.6) is 0 Å². The number of likely N-dealkylation sites (tertiary alicyclic amines) is 1. The number of aromatic nitrogens is 4. The Balaban J connectivity index is 1.29. The number of hydrogen-bond donors (Lipinski definition) is 1. The number of benzene rings is 2. The topological polar surface area (TPSA) is 75.4 Å². The summed E-state index contributed by atoms with van der Waals surface area (Å²) in [6, 6.07) is 15.2. The first kappa shape index (κ1) is 20.0. The predicted molar refractivity (Wildman–Crippen MR) is 131 cm³/mol. The Morgan fingerprint density at radius 2 is 1.79 bits per heavy atom. The average Bonchev–Trinajstić information content (AvgIpc) is 3.58. The van der Waals surface area contributed by atoms with Gasteiger partial charge >= 0.3 is 0 Å². The summed E-state index contributed by atoms with van der Waals surface area (Å²) < 4.78 is 2.17. The van der Waals surface area contributed by atoms with Crippen molar-refractivity contribution in [2.24, 2.45) is 0 Å². The van der Waals surface area contributed by atoms with E-state index in [2.05, 4.69) is 36.2 Å². The van der Waals surface area contributed by atoms with Crippen LogP contribution in [0.1, 0.15) is 29.0 Å². The third-order valence-electron chi connectivity index (χ3n) is 6.00. The molecule has 1 N–H and O–H groups in total. The minimum atomic E-state index is -0.295. The van der Waals surface area contributed by atoms with E-state index in [1.807, 2.05) is 48.5 Å². The highest BCUT2D eigenvalue weighted by Crippen LogP contribution is 2.30. The Labute approximate surface area is 194 Å². The number of imidazole rings is 1. The SMILES string of the molecule is O=C(Nc1ccccc1-c1cn2c(CN3CCCC3)csc2n1)c1cnc2ccccc2n1. The Morgan fingerprint density at radius 3 is 2.67 bits per heavy atom. The van der Waals surface area contributed by atoms with Gasteiger partial charge in [-0.1, -0.05) is 30.3 Å². The van der Waals surface area contributed by atoms with Crippen molar-refractivity contribution in [3.63, 3.8) is 0 Å². The number of carbonyl (C=O) groups excluding carboxylic acids is 1. The van der Waals surface area contributed by atoms with Crippen molar-refractivity contribution in [2.75, 3.05) is 18.4 Å². The summed E-state index contributed by atoms with van der Waals surface area (Å²) in [5.74, 6) is -0.295. The number of carbonyl (C=O) groups is 1. The van der Waals surface area contributed by atoms with Crippen LogP contribution in [-0.2, 0) is 6.54 Å². The summed E-state index contributed by atoms with van der Waals surface area (Å²) >= 11 is 1.65. The van der Waals surface area contributed by atoms with Crippen LogP contribution < -0.4 is 5.32 Å². The summed E-state index contributed by atoms with van der Waals surface area (Å²) in [4.78, 5) is 30.1. The largest absolute Gasteiger partial charge is 0.320 e. The molecule has 0 saturated carbocycles. The van der Waals surface area contributed by atoms with Crippen LogP contribution in [0.15, 0.2) is 66.3 Å². The van der Waals surface area contributed by atoms with Gasteiger partial charge in [0.2, 0.25) is 0 Å². The van der Waals surface area contributed by atoms with Crippen molar-refractivity contribution >= 4 is 38.9 Å². The lowest BCUT2D eigenvalue weighted by molar-refractivity contribution is 0.102. The molecule has 5 aromatic rings. The maximum Gasteiger partial charge on any atom is 0.275 e. The number of amides is 1. The summed E-state index contributed by atoms with van der Waals surface area (Å²) in [6.07, 6.45) is 6.13. The quantitative estimate of drug-likeness (QED) is 0.411. The van der Waals surface area contributed by atoms with Gasteiger partial charge < -0.3 is 5.32 Å². The van der Waals surface area contributed by atoms with Crippen LogP contribution in [0.3, 0.4) is 0 Å². The lowest BCUT2D eigenvalue weighted by Crippen LogP contribution is -2.19. The highest BCUT2D eigenvalue weighted by molar-refractivity contribution is 7.15. The molecular weight excluding hydrogens is 432 g/mol. The lowest BCUT2D eigenvalue weighted by Gasteiger charge is -2.13.